The van der Waals surface area contributed by atoms with Crippen molar-refractivity contribution in [3.63, 3.8) is 0 Å². The Morgan fingerprint density at radius 2 is 2.11 bits per heavy atom. The number of rotatable bonds is 3. The lowest BCUT2D eigenvalue weighted by Crippen LogP contribution is -2.33. The molecule has 0 radical (unpaired) electrons. The first kappa shape index (κ1) is 12.6. The summed E-state index contributed by atoms with van der Waals surface area (Å²) in [6, 6.07) is 0.721. The van der Waals surface area contributed by atoms with E-state index in [2.05, 4.69) is 5.10 Å². The summed E-state index contributed by atoms with van der Waals surface area (Å²) in [5.41, 5.74) is -2.65. The van der Waals surface area contributed by atoms with Gasteiger partial charge in [-0.25, -0.2) is 4.68 Å². The van der Waals surface area contributed by atoms with Gasteiger partial charge in [-0.1, -0.05) is 0 Å². The first-order chi connectivity index (χ1) is 8.29. The van der Waals surface area contributed by atoms with Crippen LogP contribution in [-0.2, 0) is 17.5 Å². The van der Waals surface area contributed by atoms with Gasteiger partial charge in [0.1, 0.15) is 12.1 Å². The largest absolute Gasteiger partial charge is 0.480 e. The smallest absolute Gasteiger partial charge is 0.421 e. The van der Waals surface area contributed by atoms with Gasteiger partial charge in [0.2, 0.25) is 0 Å². The predicted molar refractivity (Wildman–Crippen MR) is 53.1 cm³/mol. The Balaban J connectivity index is 2.55. The molecule has 1 aromatic rings. The minimum atomic E-state index is -4.80. The van der Waals surface area contributed by atoms with Crippen molar-refractivity contribution in [3.8, 4) is 0 Å². The lowest BCUT2D eigenvalue weighted by molar-refractivity contribution is -0.141. The lowest BCUT2D eigenvalue weighted by Gasteiger charge is -2.10. The van der Waals surface area contributed by atoms with Crippen molar-refractivity contribution < 1.29 is 23.1 Å². The van der Waals surface area contributed by atoms with E-state index in [-0.39, 0.29) is 11.6 Å². The molecule has 0 unspecified atom stereocenters. The van der Waals surface area contributed by atoms with Crippen LogP contribution in [0.5, 0.6) is 0 Å². The molecule has 1 saturated carbocycles. The molecule has 1 fully saturated rings. The van der Waals surface area contributed by atoms with Crippen molar-refractivity contribution >= 4 is 5.97 Å². The molecule has 18 heavy (non-hydrogen) atoms. The van der Waals surface area contributed by atoms with E-state index < -0.39 is 29.8 Å². The Labute approximate surface area is 98.8 Å². The van der Waals surface area contributed by atoms with Crippen molar-refractivity contribution in [1.29, 1.82) is 0 Å². The van der Waals surface area contributed by atoms with Gasteiger partial charge in [0.15, 0.2) is 0 Å². The number of carbonyl (C=O) groups is 1. The first-order valence-electron chi connectivity index (χ1n) is 5.20. The minimum absolute atomic E-state index is 0.105. The van der Waals surface area contributed by atoms with E-state index in [0.717, 1.165) is 6.07 Å². The third kappa shape index (κ3) is 2.52. The van der Waals surface area contributed by atoms with E-state index >= 15 is 0 Å². The zero-order valence-corrected chi connectivity index (χ0v) is 9.07. The summed E-state index contributed by atoms with van der Waals surface area (Å²) in [5.74, 6) is -1.52. The van der Waals surface area contributed by atoms with Crippen molar-refractivity contribution in [1.82, 2.24) is 9.78 Å². The Morgan fingerprint density at radius 1 is 1.50 bits per heavy atom. The number of aromatic nitrogens is 2. The number of carboxylic acids is 1. The molecule has 98 valence electrons. The molecule has 1 aliphatic rings. The van der Waals surface area contributed by atoms with Gasteiger partial charge < -0.3 is 5.11 Å². The molecule has 0 saturated heterocycles. The first-order valence-corrected chi connectivity index (χ1v) is 5.20. The third-order valence-corrected chi connectivity index (χ3v) is 2.58. The quantitative estimate of drug-likeness (QED) is 0.889. The van der Waals surface area contributed by atoms with E-state index in [1.54, 1.807) is 0 Å². The summed E-state index contributed by atoms with van der Waals surface area (Å²) < 4.78 is 38.3. The van der Waals surface area contributed by atoms with E-state index in [9.17, 15) is 22.8 Å². The fourth-order valence-electron chi connectivity index (χ4n) is 1.58. The summed E-state index contributed by atoms with van der Waals surface area (Å²) >= 11 is 0. The number of carboxylic acid groups (broad SMARTS) is 1. The predicted octanol–water partition coefficient (Wildman–Crippen LogP) is 1.22. The van der Waals surface area contributed by atoms with Gasteiger partial charge in [0.25, 0.3) is 5.56 Å². The molecule has 1 N–H and O–H groups in total. The number of aliphatic carboxylic acids is 1. The van der Waals surface area contributed by atoms with Gasteiger partial charge >= 0.3 is 12.1 Å². The molecule has 0 aromatic carbocycles. The van der Waals surface area contributed by atoms with E-state index in [1.165, 1.54) is 0 Å². The molecule has 0 atom stereocenters. The average molecular weight is 262 g/mol. The third-order valence-electron chi connectivity index (χ3n) is 2.58. The second kappa shape index (κ2) is 4.11. The highest BCUT2D eigenvalue weighted by Crippen LogP contribution is 2.40. The Morgan fingerprint density at radius 3 is 2.56 bits per heavy atom. The molecule has 1 aliphatic carbocycles. The van der Waals surface area contributed by atoms with E-state index in [4.69, 9.17) is 5.11 Å². The average Bonchev–Trinajstić information content (AvgIpc) is 3.01. The fraction of sp³-hybridized carbons (Fsp3) is 0.500. The van der Waals surface area contributed by atoms with Crippen molar-refractivity contribution in [2.45, 2.75) is 31.5 Å². The SMILES string of the molecule is O=C(O)Cn1nc(C2CC2)cc(C(F)(F)F)c1=O. The van der Waals surface area contributed by atoms with Gasteiger partial charge in [0, 0.05) is 5.92 Å². The van der Waals surface area contributed by atoms with Crippen LogP contribution in [0.15, 0.2) is 10.9 Å². The number of hydrogen-bond acceptors (Lipinski definition) is 3. The molecule has 0 amide bonds. The maximum Gasteiger partial charge on any atom is 0.421 e. The summed E-state index contributed by atoms with van der Waals surface area (Å²) in [5, 5.41) is 12.2. The number of halogens is 3. The Kier molecular flexibility index (Phi) is 2.88. The maximum absolute atomic E-state index is 12.6. The summed E-state index contributed by atoms with van der Waals surface area (Å²) in [4.78, 5) is 22.0. The standard InChI is InChI=1S/C10H9F3N2O3/c11-10(12,13)6-3-7(5-1-2-5)14-15(9(6)18)4-8(16)17/h3,5H,1-2,4H2,(H,16,17). The van der Waals surface area contributed by atoms with E-state index in [1.807, 2.05) is 0 Å². The van der Waals surface area contributed by atoms with Crippen molar-refractivity contribution in [2.75, 3.05) is 0 Å². The zero-order chi connectivity index (χ0) is 13.5. The molecule has 5 nitrogen and oxygen atoms in total. The second-order valence-corrected chi connectivity index (χ2v) is 4.11. The van der Waals surface area contributed by atoms with Gasteiger partial charge in [0.05, 0.1) is 5.69 Å². The highest BCUT2D eigenvalue weighted by atomic mass is 19.4. The van der Waals surface area contributed by atoms with Crippen LogP contribution in [0.1, 0.15) is 30.0 Å². The normalized spacial score (nSPS) is 15.7. The number of alkyl halides is 3. The molecule has 1 aromatic heterocycles. The number of nitrogens with zero attached hydrogens (tertiary/aromatic N) is 2. The summed E-state index contributed by atoms with van der Waals surface area (Å²) in [6.07, 6.45) is -3.39. The van der Waals surface area contributed by atoms with E-state index in [0.29, 0.717) is 17.5 Å². The lowest BCUT2D eigenvalue weighted by atomic mass is 10.2. The molecule has 0 bridgehead atoms. The highest BCUT2D eigenvalue weighted by Gasteiger charge is 2.37. The molecule has 8 heteroatoms. The van der Waals surface area contributed by atoms with Gasteiger partial charge in [-0.15, -0.1) is 0 Å². The van der Waals surface area contributed by atoms with Crippen molar-refractivity contribution in [3.05, 3.63) is 27.7 Å². The van der Waals surface area contributed by atoms with Crippen LogP contribution in [-0.4, -0.2) is 20.9 Å². The maximum atomic E-state index is 12.6. The summed E-state index contributed by atoms with van der Waals surface area (Å²) in [6.45, 7) is -0.873. The van der Waals surface area contributed by atoms with Crippen LogP contribution in [0.3, 0.4) is 0 Å². The highest BCUT2D eigenvalue weighted by molar-refractivity contribution is 5.66. The van der Waals surface area contributed by atoms with Gasteiger partial charge in [-0.3, -0.25) is 9.59 Å². The minimum Gasteiger partial charge on any atom is -0.480 e. The van der Waals surface area contributed by atoms with Gasteiger partial charge in [-0.05, 0) is 18.9 Å². The molecule has 0 aliphatic heterocycles. The topological polar surface area (TPSA) is 72.2 Å². The second-order valence-electron chi connectivity index (χ2n) is 4.11. The van der Waals surface area contributed by atoms with Crippen LogP contribution in [0.4, 0.5) is 13.2 Å². The fourth-order valence-corrected chi connectivity index (χ4v) is 1.58. The van der Waals surface area contributed by atoms with Crippen LogP contribution >= 0.6 is 0 Å². The number of hydrogen-bond donors (Lipinski definition) is 1. The van der Waals surface area contributed by atoms with Crippen molar-refractivity contribution in [2.24, 2.45) is 0 Å². The Hall–Kier alpha value is -1.86. The molecular weight excluding hydrogens is 253 g/mol. The Bertz CT molecular complexity index is 546. The van der Waals surface area contributed by atoms with Crippen LogP contribution in [0, 0.1) is 0 Å². The molecular formula is C10H9F3N2O3. The van der Waals surface area contributed by atoms with Crippen LogP contribution in [0.25, 0.3) is 0 Å². The monoisotopic (exact) mass is 262 g/mol. The molecule has 2 rings (SSSR count). The van der Waals surface area contributed by atoms with Gasteiger partial charge in [-0.2, -0.15) is 18.3 Å². The molecule has 1 heterocycles. The zero-order valence-electron chi connectivity index (χ0n) is 9.07. The van der Waals surface area contributed by atoms with Crippen LogP contribution in [0.2, 0.25) is 0 Å². The van der Waals surface area contributed by atoms with Crippen LogP contribution < -0.4 is 5.56 Å². The summed E-state index contributed by atoms with van der Waals surface area (Å²) in [7, 11) is 0. The molecule has 0 spiro atoms.